The van der Waals surface area contributed by atoms with Crippen molar-refractivity contribution in [2.75, 3.05) is 6.54 Å². The molecule has 1 heterocycles. The van der Waals surface area contributed by atoms with Crippen molar-refractivity contribution >= 4 is 22.4 Å². The first-order valence-corrected chi connectivity index (χ1v) is 7.15. The second-order valence-corrected chi connectivity index (χ2v) is 6.20. The molecule has 1 saturated carbocycles. The van der Waals surface area contributed by atoms with Crippen molar-refractivity contribution in [2.45, 2.75) is 30.7 Å². The predicted molar refractivity (Wildman–Crippen MR) is 71.1 cm³/mol. The van der Waals surface area contributed by atoms with E-state index in [4.69, 9.17) is 5.73 Å². The van der Waals surface area contributed by atoms with Crippen molar-refractivity contribution in [1.29, 1.82) is 0 Å². The lowest BCUT2D eigenvalue weighted by molar-refractivity contribution is 0.518. The summed E-state index contributed by atoms with van der Waals surface area (Å²) < 4.78 is 28.5. The molecule has 104 valence electrons. The molecule has 18 heavy (non-hydrogen) atoms. The highest BCUT2D eigenvalue weighted by Gasteiger charge is 2.34. The summed E-state index contributed by atoms with van der Waals surface area (Å²) in [4.78, 5) is 0.235. The van der Waals surface area contributed by atoms with Crippen LogP contribution in [0.15, 0.2) is 11.1 Å². The van der Waals surface area contributed by atoms with E-state index in [-0.39, 0.29) is 23.3 Å². The SMILES string of the molecule is Cc1c(S(=O)(=O)NC(CN)C2CC2)cnn1C.Cl. The predicted octanol–water partition coefficient (Wildman–Crippen LogP) is 0.166. The number of aryl methyl sites for hydroxylation is 1. The molecule has 2 rings (SSSR count). The Hall–Kier alpha value is -0.630. The molecule has 1 aliphatic rings. The lowest BCUT2D eigenvalue weighted by Crippen LogP contribution is -2.41. The fraction of sp³-hybridized carbons (Fsp3) is 0.700. The van der Waals surface area contributed by atoms with Crippen LogP contribution in [0.2, 0.25) is 0 Å². The topological polar surface area (TPSA) is 90.0 Å². The Morgan fingerprint density at radius 3 is 2.61 bits per heavy atom. The lowest BCUT2D eigenvalue weighted by atomic mass is 10.2. The number of nitrogens with zero attached hydrogens (tertiary/aromatic N) is 2. The minimum Gasteiger partial charge on any atom is -0.329 e. The summed E-state index contributed by atoms with van der Waals surface area (Å²) in [5.74, 6) is 0.395. The van der Waals surface area contributed by atoms with E-state index >= 15 is 0 Å². The van der Waals surface area contributed by atoms with Crippen LogP contribution in [-0.4, -0.2) is 30.8 Å². The highest BCUT2D eigenvalue weighted by atomic mass is 35.5. The van der Waals surface area contributed by atoms with E-state index in [2.05, 4.69) is 9.82 Å². The summed E-state index contributed by atoms with van der Waals surface area (Å²) >= 11 is 0. The molecule has 0 aliphatic heterocycles. The van der Waals surface area contributed by atoms with Gasteiger partial charge < -0.3 is 5.73 Å². The minimum atomic E-state index is -3.50. The molecule has 0 saturated heterocycles. The van der Waals surface area contributed by atoms with Crippen LogP contribution in [0.25, 0.3) is 0 Å². The van der Waals surface area contributed by atoms with Gasteiger partial charge in [-0.15, -0.1) is 12.4 Å². The highest BCUT2D eigenvalue weighted by Crippen LogP contribution is 2.33. The highest BCUT2D eigenvalue weighted by molar-refractivity contribution is 7.89. The molecule has 1 aromatic heterocycles. The van der Waals surface area contributed by atoms with E-state index in [1.165, 1.54) is 6.20 Å². The second-order valence-electron chi connectivity index (χ2n) is 4.52. The molecule has 1 fully saturated rings. The molecule has 0 bridgehead atoms. The van der Waals surface area contributed by atoms with E-state index in [9.17, 15) is 8.42 Å². The number of aromatic nitrogens is 2. The van der Waals surface area contributed by atoms with E-state index in [1.54, 1.807) is 18.7 Å². The van der Waals surface area contributed by atoms with Gasteiger partial charge in [0.15, 0.2) is 0 Å². The summed E-state index contributed by atoms with van der Waals surface area (Å²) in [7, 11) is -1.78. The molecule has 1 aromatic rings. The van der Waals surface area contributed by atoms with Gasteiger partial charge in [0.1, 0.15) is 4.90 Å². The standard InChI is InChI=1S/C10H18N4O2S.ClH/c1-7-10(6-12-14(7)2)17(15,16)13-9(5-11)8-3-4-8;/h6,8-9,13H,3-5,11H2,1-2H3;1H. The average Bonchev–Trinajstić information content (AvgIpc) is 3.04. The van der Waals surface area contributed by atoms with Crippen molar-refractivity contribution in [3.8, 4) is 0 Å². The van der Waals surface area contributed by atoms with E-state index in [1.807, 2.05) is 0 Å². The van der Waals surface area contributed by atoms with Crippen LogP contribution in [0, 0.1) is 12.8 Å². The smallest absolute Gasteiger partial charge is 0.244 e. The molecular formula is C10H19ClN4O2S. The Morgan fingerprint density at radius 2 is 2.22 bits per heavy atom. The Bertz CT molecular complexity index is 510. The van der Waals surface area contributed by atoms with Crippen molar-refractivity contribution in [1.82, 2.24) is 14.5 Å². The van der Waals surface area contributed by atoms with E-state index in [0.29, 0.717) is 18.2 Å². The molecule has 1 aliphatic carbocycles. The number of halogens is 1. The lowest BCUT2D eigenvalue weighted by Gasteiger charge is -2.15. The van der Waals surface area contributed by atoms with Crippen LogP contribution in [0.1, 0.15) is 18.5 Å². The normalized spacial score (nSPS) is 17.3. The van der Waals surface area contributed by atoms with Crippen molar-refractivity contribution < 1.29 is 8.42 Å². The molecule has 0 amide bonds. The number of rotatable bonds is 5. The zero-order chi connectivity index (χ0) is 12.6. The van der Waals surface area contributed by atoms with Crippen LogP contribution in [0.3, 0.4) is 0 Å². The third kappa shape index (κ3) is 3.03. The quantitative estimate of drug-likeness (QED) is 0.810. The first kappa shape index (κ1) is 15.4. The van der Waals surface area contributed by atoms with Gasteiger partial charge in [0.05, 0.1) is 11.9 Å². The molecule has 0 spiro atoms. The summed E-state index contributed by atoms with van der Waals surface area (Å²) in [5, 5.41) is 3.94. The third-order valence-corrected chi connectivity index (χ3v) is 4.82. The molecule has 6 nitrogen and oxygen atoms in total. The Labute approximate surface area is 113 Å². The summed E-state index contributed by atoms with van der Waals surface area (Å²) in [6.45, 7) is 2.07. The van der Waals surface area contributed by atoms with Gasteiger partial charge in [0.25, 0.3) is 0 Å². The van der Waals surface area contributed by atoms with Gasteiger partial charge in [-0.3, -0.25) is 4.68 Å². The fourth-order valence-corrected chi connectivity index (χ4v) is 3.36. The Kier molecular flexibility index (Phi) is 4.77. The van der Waals surface area contributed by atoms with Gasteiger partial charge >= 0.3 is 0 Å². The van der Waals surface area contributed by atoms with Gasteiger partial charge in [-0.05, 0) is 25.7 Å². The number of sulfonamides is 1. The summed E-state index contributed by atoms with van der Waals surface area (Å²) in [6, 6.07) is -0.153. The molecule has 0 aromatic carbocycles. The summed E-state index contributed by atoms with van der Waals surface area (Å²) in [6.07, 6.45) is 3.48. The number of nitrogens with one attached hydrogen (secondary N) is 1. The number of hydrogen-bond donors (Lipinski definition) is 2. The maximum absolute atomic E-state index is 12.1. The molecule has 1 atom stereocenters. The van der Waals surface area contributed by atoms with Crippen LogP contribution in [-0.2, 0) is 17.1 Å². The monoisotopic (exact) mass is 294 g/mol. The minimum absolute atomic E-state index is 0. The fourth-order valence-electron chi connectivity index (χ4n) is 1.84. The van der Waals surface area contributed by atoms with Gasteiger partial charge in [-0.25, -0.2) is 13.1 Å². The molecule has 8 heteroatoms. The van der Waals surface area contributed by atoms with Gasteiger partial charge in [-0.2, -0.15) is 5.10 Å². The average molecular weight is 295 g/mol. The van der Waals surface area contributed by atoms with Crippen molar-refractivity contribution in [2.24, 2.45) is 18.7 Å². The molecular weight excluding hydrogens is 276 g/mol. The molecule has 1 unspecified atom stereocenters. The number of hydrogen-bond acceptors (Lipinski definition) is 4. The Morgan fingerprint density at radius 1 is 1.61 bits per heavy atom. The zero-order valence-electron chi connectivity index (χ0n) is 10.5. The van der Waals surface area contributed by atoms with Gasteiger partial charge in [-0.1, -0.05) is 0 Å². The second kappa shape index (κ2) is 5.56. The van der Waals surface area contributed by atoms with E-state index in [0.717, 1.165) is 12.8 Å². The van der Waals surface area contributed by atoms with Crippen LogP contribution in [0.4, 0.5) is 0 Å². The number of nitrogens with two attached hydrogens (primary N) is 1. The van der Waals surface area contributed by atoms with Crippen LogP contribution >= 0.6 is 12.4 Å². The van der Waals surface area contributed by atoms with Crippen molar-refractivity contribution in [3.63, 3.8) is 0 Å². The zero-order valence-corrected chi connectivity index (χ0v) is 12.1. The molecule has 3 N–H and O–H groups in total. The summed E-state index contributed by atoms with van der Waals surface area (Å²) in [5.41, 5.74) is 6.22. The van der Waals surface area contributed by atoms with Gasteiger partial charge in [0.2, 0.25) is 10.0 Å². The largest absolute Gasteiger partial charge is 0.329 e. The maximum Gasteiger partial charge on any atom is 0.244 e. The van der Waals surface area contributed by atoms with Gasteiger partial charge in [0, 0.05) is 19.6 Å². The van der Waals surface area contributed by atoms with Crippen molar-refractivity contribution in [3.05, 3.63) is 11.9 Å². The van der Waals surface area contributed by atoms with Crippen LogP contribution in [0.5, 0.6) is 0 Å². The molecule has 0 radical (unpaired) electrons. The first-order chi connectivity index (χ1) is 7.95. The van der Waals surface area contributed by atoms with E-state index < -0.39 is 10.0 Å². The Balaban J connectivity index is 0.00000162. The van der Waals surface area contributed by atoms with Crippen LogP contribution < -0.4 is 10.5 Å². The third-order valence-electron chi connectivity index (χ3n) is 3.23. The first-order valence-electron chi connectivity index (χ1n) is 5.66. The maximum atomic E-state index is 12.1.